The number of carbonyl (C=O) groups excluding carboxylic acids is 2. The van der Waals surface area contributed by atoms with Gasteiger partial charge in [-0.2, -0.15) is 0 Å². The van der Waals surface area contributed by atoms with Gasteiger partial charge >= 0.3 is 5.97 Å². The van der Waals surface area contributed by atoms with Crippen LogP contribution >= 0.6 is 15.9 Å². The van der Waals surface area contributed by atoms with Crippen molar-refractivity contribution in [2.45, 2.75) is 25.3 Å². The highest BCUT2D eigenvalue weighted by atomic mass is 79.9. The van der Waals surface area contributed by atoms with Gasteiger partial charge in [0, 0.05) is 17.1 Å². The van der Waals surface area contributed by atoms with Gasteiger partial charge in [-0.05, 0) is 40.9 Å². The van der Waals surface area contributed by atoms with Crippen molar-refractivity contribution in [2.75, 3.05) is 13.7 Å². The standard InChI is InChI=1S/C14H16BrNO3/c1-19-13(17)8-9-16(10-6-7-10)14(18)11-4-2-3-5-12(11)15/h2-5,10H,6-9H2,1H3. The lowest BCUT2D eigenvalue weighted by molar-refractivity contribution is -0.140. The summed E-state index contributed by atoms with van der Waals surface area (Å²) in [5, 5.41) is 0. The fourth-order valence-corrected chi connectivity index (χ4v) is 2.39. The Hall–Kier alpha value is -1.36. The largest absolute Gasteiger partial charge is 0.469 e. The number of carbonyl (C=O) groups is 2. The van der Waals surface area contributed by atoms with E-state index in [0.717, 1.165) is 17.3 Å². The number of rotatable bonds is 5. The Morgan fingerprint density at radius 3 is 2.63 bits per heavy atom. The van der Waals surface area contributed by atoms with Crippen molar-refractivity contribution in [1.82, 2.24) is 4.90 Å². The van der Waals surface area contributed by atoms with Gasteiger partial charge in [-0.15, -0.1) is 0 Å². The number of methoxy groups -OCH3 is 1. The van der Waals surface area contributed by atoms with Crippen LogP contribution in [0, 0.1) is 0 Å². The maximum atomic E-state index is 12.5. The van der Waals surface area contributed by atoms with Crippen LogP contribution in [0.5, 0.6) is 0 Å². The summed E-state index contributed by atoms with van der Waals surface area (Å²) in [7, 11) is 1.36. The molecular weight excluding hydrogens is 310 g/mol. The first-order valence-corrected chi connectivity index (χ1v) is 7.05. The third-order valence-electron chi connectivity index (χ3n) is 3.14. The third-order valence-corrected chi connectivity index (χ3v) is 3.83. The molecule has 0 heterocycles. The van der Waals surface area contributed by atoms with Crippen molar-refractivity contribution >= 4 is 27.8 Å². The minimum absolute atomic E-state index is 0.0288. The van der Waals surface area contributed by atoms with Crippen LogP contribution in [-0.2, 0) is 9.53 Å². The average molecular weight is 326 g/mol. The second-order valence-electron chi connectivity index (χ2n) is 4.54. The van der Waals surface area contributed by atoms with Gasteiger partial charge < -0.3 is 9.64 Å². The SMILES string of the molecule is COC(=O)CCN(C(=O)c1ccccc1Br)C1CC1. The molecule has 1 amide bonds. The van der Waals surface area contributed by atoms with Crippen LogP contribution in [-0.4, -0.2) is 36.5 Å². The zero-order valence-corrected chi connectivity index (χ0v) is 12.4. The van der Waals surface area contributed by atoms with E-state index >= 15 is 0 Å². The van der Waals surface area contributed by atoms with Crippen molar-refractivity contribution in [3.63, 3.8) is 0 Å². The van der Waals surface area contributed by atoms with Gasteiger partial charge in [0.25, 0.3) is 5.91 Å². The molecule has 0 N–H and O–H groups in total. The molecule has 0 radical (unpaired) electrons. The topological polar surface area (TPSA) is 46.6 Å². The zero-order chi connectivity index (χ0) is 13.8. The Labute approximate surface area is 120 Å². The van der Waals surface area contributed by atoms with Crippen LogP contribution < -0.4 is 0 Å². The van der Waals surface area contributed by atoms with Gasteiger partial charge in [-0.25, -0.2) is 0 Å². The Morgan fingerprint density at radius 2 is 2.05 bits per heavy atom. The number of benzene rings is 1. The average Bonchev–Trinajstić information content (AvgIpc) is 3.23. The van der Waals surface area contributed by atoms with Crippen molar-refractivity contribution < 1.29 is 14.3 Å². The third kappa shape index (κ3) is 3.56. The van der Waals surface area contributed by atoms with E-state index in [1.807, 2.05) is 18.2 Å². The van der Waals surface area contributed by atoms with Crippen LogP contribution in [0.25, 0.3) is 0 Å². The maximum Gasteiger partial charge on any atom is 0.307 e. The number of ether oxygens (including phenoxy) is 1. The minimum Gasteiger partial charge on any atom is -0.469 e. The van der Waals surface area contributed by atoms with Crippen molar-refractivity contribution in [1.29, 1.82) is 0 Å². The molecule has 5 heteroatoms. The summed E-state index contributed by atoms with van der Waals surface area (Å²) >= 11 is 3.39. The molecule has 102 valence electrons. The monoisotopic (exact) mass is 325 g/mol. The van der Waals surface area contributed by atoms with E-state index in [1.54, 1.807) is 11.0 Å². The van der Waals surface area contributed by atoms with Gasteiger partial charge in [-0.1, -0.05) is 12.1 Å². The van der Waals surface area contributed by atoms with Crippen LogP contribution in [0.15, 0.2) is 28.7 Å². The van der Waals surface area contributed by atoms with Crippen LogP contribution in [0.1, 0.15) is 29.6 Å². The molecule has 0 aliphatic heterocycles. The van der Waals surface area contributed by atoms with E-state index in [-0.39, 0.29) is 24.3 Å². The molecule has 0 bridgehead atoms. The first kappa shape index (κ1) is 14.1. The Bertz CT molecular complexity index is 485. The fraction of sp³-hybridized carbons (Fsp3) is 0.429. The molecule has 1 fully saturated rings. The van der Waals surface area contributed by atoms with Crippen molar-refractivity contribution in [3.05, 3.63) is 34.3 Å². The molecule has 0 unspecified atom stereocenters. The highest BCUT2D eigenvalue weighted by molar-refractivity contribution is 9.10. The van der Waals surface area contributed by atoms with E-state index in [2.05, 4.69) is 20.7 Å². The van der Waals surface area contributed by atoms with Crippen molar-refractivity contribution in [2.24, 2.45) is 0 Å². The van der Waals surface area contributed by atoms with E-state index in [9.17, 15) is 9.59 Å². The van der Waals surface area contributed by atoms with E-state index in [1.165, 1.54) is 7.11 Å². The van der Waals surface area contributed by atoms with E-state index < -0.39 is 0 Å². The molecule has 1 aromatic carbocycles. The molecule has 2 rings (SSSR count). The maximum absolute atomic E-state index is 12.5. The molecule has 1 aliphatic rings. The predicted molar refractivity (Wildman–Crippen MR) is 74.8 cm³/mol. The first-order chi connectivity index (χ1) is 9.13. The Morgan fingerprint density at radius 1 is 1.37 bits per heavy atom. The molecular formula is C14H16BrNO3. The van der Waals surface area contributed by atoms with Gasteiger partial charge in [0.05, 0.1) is 19.1 Å². The summed E-state index contributed by atoms with van der Waals surface area (Å²) in [6.45, 7) is 0.414. The molecule has 1 saturated carbocycles. The molecule has 4 nitrogen and oxygen atoms in total. The number of hydrogen-bond acceptors (Lipinski definition) is 3. The molecule has 0 aromatic heterocycles. The molecule has 19 heavy (non-hydrogen) atoms. The van der Waals surface area contributed by atoms with Crippen molar-refractivity contribution in [3.8, 4) is 0 Å². The summed E-state index contributed by atoms with van der Waals surface area (Å²) in [5.41, 5.74) is 0.638. The molecule has 1 aliphatic carbocycles. The second-order valence-corrected chi connectivity index (χ2v) is 5.39. The van der Waals surface area contributed by atoms with Crippen LogP contribution in [0.2, 0.25) is 0 Å². The Kier molecular flexibility index (Phi) is 4.58. The first-order valence-electron chi connectivity index (χ1n) is 6.26. The number of hydrogen-bond donors (Lipinski definition) is 0. The lowest BCUT2D eigenvalue weighted by Gasteiger charge is -2.22. The van der Waals surface area contributed by atoms with Gasteiger partial charge in [-0.3, -0.25) is 9.59 Å². The molecule has 0 spiro atoms. The van der Waals surface area contributed by atoms with Gasteiger partial charge in [0.1, 0.15) is 0 Å². The summed E-state index contributed by atoms with van der Waals surface area (Å²) in [5.74, 6) is -0.315. The highest BCUT2D eigenvalue weighted by Crippen LogP contribution is 2.29. The number of esters is 1. The smallest absolute Gasteiger partial charge is 0.307 e. The second kappa shape index (κ2) is 6.19. The van der Waals surface area contributed by atoms with Crippen LogP contribution in [0.4, 0.5) is 0 Å². The summed E-state index contributed by atoms with van der Waals surface area (Å²) in [6, 6.07) is 7.61. The van der Waals surface area contributed by atoms with E-state index in [0.29, 0.717) is 12.1 Å². The highest BCUT2D eigenvalue weighted by Gasteiger charge is 2.33. The molecule has 0 atom stereocenters. The predicted octanol–water partition coefficient (Wildman–Crippen LogP) is 2.62. The van der Waals surface area contributed by atoms with Gasteiger partial charge in [0.15, 0.2) is 0 Å². The normalized spacial score (nSPS) is 14.0. The lowest BCUT2D eigenvalue weighted by Crippen LogP contribution is -2.35. The fourth-order valence-electron chi connectivity index (χ4n) is 1.94. The summed E-state index contributed by atoms with van der Waals surface area (Å²) in [6.07, 6.45) is 2.26. The van der Waals surface area contributed by atoms with E-state index in [4.69, 9.17) is 0 Å². The van der Waals surface area contributed by atoms with Crippen LogP contribution in [0.3, 0.4) is 0 Å². The molecule has 1 aromatic rings. The summed E-state index contributed by atoms with van der Waals surface area (Å²) < 4.78 is 5.40. The minimum atomic E-state index is -0.287. The Balaban J connectivity index is 2.09. The number of amides is 1. The zero-order valence-electron chi connectivity index (χ0n) is 10.8. The number of halogens is 1. The quantitative estimate of drug-likeness (QED) is 0.782. The number of nitrogens with zero attached hydrogens (tertiary/aromatic N) is 1. The summed E-state index contributed by atoms with van der Waals surface area (Å²) in [4.78, 5) is 25.5. The molecule has 0 saturated heterocycles. The van der Waals surface area contributed by atoms with Gasteiger partial charge in [0.2, 0.25) is 0 Å². The lowest BCUT2D eigenvalue weighted by atomic mass is 10.2.